The lowest BCUT2D eigenvalue weighted by Crippen LogP contribution is -2.03. The van der Waals surface area contributed by atoms with E-state index in [1.54, 1.807) is 0 Å². The zero-order valence-electron chi connectivity index (χ0n) is 9.00. The van der Waals surface area contributed by atoms with Crippen LogP contribution in [0.2, 0.25) is 0 Å². The molecule has 0 saturated carbocycles. The van der Waals surface area contributed by atoms with E-state index in [1.807, 2.05) is 6.07 Å². The maximum Gasteiger partial charge on any atom is 0.0486 e. The van der Waals surface area contributed by atoms with Gasteiger partial charge in [0.2, 0.25) is 0 Å². The van der Waals surface area contributed by atoms with Gasteiger partial charge in [-0.3, -0.25) is 0 Å². The van der Waals surface area contributed by atoms with E-state index in [4.69, 9.17) is 0 Å². The quantitative estimate of drug-likeness (QED) is 0.774. The van der Waals surface area contributed by atoms with Gasteiger partial charge in [-0.2, -0.15) is 0 Å². The third-order valence-electron chi connectivity index (χ3n) is 2.70. The average Bonchev–Trinajstić information content (AvgIpc) is 2.53. The van der Waals surface area contributed by atoms with E-state index < -0.39 is 0 Å². The Morgan fingerprint density at radius 3 is 2.20 bits per heavy atom. The lowest BCUT2D eigenvalue weighted by molar-refractivity contribution is 0.747. The molecule has 0 atom stereocenters. The molecule has 0 N–H and O–H groups in total. The van der Waals surface area contributed by atoms with Gasteiger partial charge in [-0.25, -0.2) is 0 Å². The van der Waals surface area contributed by atoms with E-state index in [1.165, 1.54) is 21.4 Å². The van der Waals surface area contributed by atoms with Crippen molar-refractivity contribution in [2.24, 2.45) is 0 Å². The van der Waals surface area contributed by atoms with Gasteiger partial charge in [-0.15, -0.1) is 0 Å². The summed E-state index contributed by atoms with van der Waals surface area (Å²) < 4.78 is 3.50. The molecule has 15 heavy (non-hydrogen) atoms. The maximum atomic E-state index is 3.58. The highest BCUT2D eigenvalue weighted by Crippen LogP contribution is 2.19. The largest absolute Gasteiger partial charge is 0.345 e. The second-order valence-electron chi connectivity index (χ2n) is 3.79. The third-order valence-corrected chi connectivity index (χ3v) is 3.48. The Kier molecular flexibility index (Phi) is 2.96. The van der Waals surface area contributed by atoms with Crippen molar-refractivity contribution in [2.45, 2.75) is 20.4 Å². The van der Waals surface area contributed by atoms with E-state index in [-0.39, 0.29) is 0 Å². The molecule has 0 bridgehead atoms. The fraction of sp³-hybridized carbons (Fsp3) is 0.231. The summed E-state index contributed by atoms with van der Waals surface area (Å²) in [6, 6.07) is 12.7. The highest BCUT2D eigenvalue weighted by Gasteiger charge is 2.03. The van der Waals surface area contributed by atoms with Crippen LogP contribution < -0.4 is 0 Å². The molecule has 0 saturated heterocycles. The monoisotopic (exact) mass is 263 g/mol. The SMILES string of the molecule is Cc1ccc(C)n1Cc1ccccc1Br. The first-order valence-corrected chi connectivity index (χ1v) is 5.84. The molecule has 0 radical (unpaired) electrons. The van der Waals surface area contributed by atoms with Gasteiger partial charge >= 0.3 is 0 Å². The number of benzene rings is 1. The van der Waals surface area contributed by atoms with Gasteiger partial charge in [-0.05, 0) is 37.6 Å². The molecule has 2 aromatic rings. The molecule has 1 aromatic carbocycles. The first-order valence-electron chi connectivity index (χ1n) is 5.04. The molecular weight excluding hydrogens is 250 g/mol. The summed E-state index contributed by atoms with van der Waals surface area (Å²) in [5.74, 6) is 0. The average molecular weight is 264 g/mol. The fourth-order valence-corrected chi connectivity index (χ4v) is 2.16. The van der Waals surface area contributed by atoms with Crippen LogP contribution in [0.3, 0.4) is 0 Å². The lowest BCUT2D eigenvalue weighted by Gasteiger charge is -2.10. The molecule has 0 unspecified atom stereocenters. The predicted molar refractivity (Wildman–Crippen MR) is 67.2 cm³/mol. The van der Waals surface area contributed by atoms with Crippen LogP contribution in [0, 0.1) is 13.8 Å². The van der Waals surface area contributed by atoms with Crippen LogP contribution in [-0.2, 0) is 6.54 Å². The number of hydrogen-bond donors (Lipinski definition) is 0. The molecular formula is C13H14BrN. The van der Waals surface area contributed by atoms with E-state index in [2.05, 4.69) is 64.7 Å². The van der Waals surface area contributed by atoms with Gasteiger partial charge < -0.3 is 4.57 Å². The molecule has 1 aromatic heterocycles. The molecule has 1 heterocycles. The Bertz CT molecular complexity index is 452. The summed E-state index contributed by atoms with van der Waals surface area (Å²) in [6.07, 6.45) is 0. The molecule has 78 valence electrons. The molecule has 0 aliphatic rings. The van der Waals surface area contributed by atoms with Crippen molar-refractivity contribution in [1.82, 2.24) is 4.57 Å². The maximum absolute atomic E-state index is 3.58. The summed E-state index contributed by atoms with van der Waals surface area (Å²) in [7, 11) is 0. The highest BCUT2D eigenvalue weighted by atomic mass is 79.9. The Morgan fingerprint density at radius 1 is 1.00 bits per heavy atom. The molecule has 2 heteroatoms. The molecule has 1 nitrogen and oxygen atoms in total. The molecule has 0 amide bonds. The summed E-state index contributed by atoms with van der Waals surface area (Å²) in [5, 5.41) is 0. The number of nitrogens with zero attached hydrogens (tertiary/aromatic N) is 1. The lowest BCUT2D eigenvalue weighted by atomic mass is 10.2. The Hall–Kier alpha value is -1.02. The van der Waals surface area contributed by atoms with Crippen molar-refractivity contribution >= 4 is 15.9 Å². The first-order chi connectivity index (χ1) is 7.18. The Labute approximate surface area is 98.9 Å². The van der Waals surface area contributed by atoms with Crippen LogP contribution in [0.15, 0.2) is 40.9 Å². The zero-order valence-corrected chi connectivity index (χ0v) is 10.6. The summed E-state index contributed by atoms with van der Waals surface area (Å²) in [4.78, 5) is 0. The Balaban J connectivity index is 2.34. The number of aromatic nitrogens is 1. The van der Waals surface area contributed by atoms with E-state index in [9.17, 15) is 0 Å². The van der Waals surface area contributed by atoms with Gasteiger partial charge in [0, 0.05) is 22.4 Å². The van der Waals surface area contributed by atoms with Crippen molar-refractivity contribution in [2.75, 3.05) is 0 Å². The molecule has 0 spiro atoms. The minimum atomic E-state index is 0.937. The summed E-state index contributed by atoms with van der Waals surface area (Å²) >= 11 is 3.58. The van der Waals surface area contributed by atoms with Crippen LogP contribution in [0.25, 0.3) is 0 Å². The fourth-order valence-electron chi connectivity index (χ4n) is 1.75. The first kappa shape index (κ1) is 10.5. The smallest absolute Gasteiger partial charge is 0.0486 e. The van der Waals surface area contributed by atoms with Crippen molar-refractivity contribution in [3.8, 4) is 0 Å². The third kappa shape index (κ3) is 2.15. The van der Waals surface area contributed by atoms with Crippen molar-refractivity contribution in [3.05, 3.63) is 57.8 Å². The van der Waals surface area contributed by atoms with E-state index in [0.29, 0.717) is 0 Å². The van der Waals surface area contributed by atoms with Crippen LogP contribution in [0.1, 0.15) is 17.0 Å². The predicted octanol–water partition coefficient (Wildman–Crippen LogP) is 3.92. The van der Waals surface area contributed by atoms with E-state index in [0.717, 1.165) is 6.54 Å². The molecule has 0 fully saturated rings. The van der Waals surface area contributed by atoms with E-state index >= 15 is 0 Å². The van der Waals surface area contributed by atoms with Gasteiger partial charge in [0.05, 0.1) is 0 Å². The van der Waals surface area contributed by atoms with Crippen LogP contribution in [-0.4, -0.2) is 4.57 Å². The molecule has 2 rings (SSSR count). The minimum Gasteiger partial charge on any atom is -0.345 e. The number of rotatable bonds is 2. The van der Waals surface area contributed by atoms with Crippen molar-refractivity contribution in [1.29, 1.82) is 0 Å². The van der Waals surface area contributed by atoms with Crippen molar-refractivity contribution < 1.29 is 0 Å². The number of aryl methyl sites for hydroxylation is 2. The number of halogens is 1. The van der Waals surface area contributed by atoms with Gasteiger partial charge in [0.1, 0.15) is 0 Å². The molecule has 0 aliphatic heterocycles. The van der Waals surface area contributed by atoms with Gasteiger partial charge in [0.25, 0.3) is 0 Å². The zero-order chi connectivity index (χ0) is 10.8. The normalized spacial score (nSPS) is 10.6. The number of hydrogen-bond acceptors (Lipinski definition) is 0. The highest BCUT2D eigenvalue weighted by molar-refractivity contribution is 9.10. The topological polar surface area (TPSA) is 4.93 Å². The minimum absolute atomic E-state index is 0.937. The standard InChI is InChI=1S/C13H14BrN/c1-10-7-8-11(2)15(10)9-12-5-3-4-6-13(12)14/h3-8H,9H2,1-2H3. The second kappa shape index (κ2) is 4.23. The summed E-state index contributed by atoms with van der Waals surface area (Å²) in [6.45, 7) is 5.22. The Morgan fingerprint density at radius 2 is 1.60 bits per heavy atom. The summed E-state index contributed by atoms with van der Waals surface area (Å²) in [5.41, 5.74) is 3.94. The van der Waals surface area contributed by atoms with Gasteiger partial charge in [-0.1, -0.05) is 34.1 Å². The van der Waals surface area contributed by atoms with Gasteiger partial charge in [0.15, 0.2) is 0 Å². The van der Waals surface area contributed by atoms with Crippen LogP contribution >= 0.6 is 15.9 Å². The molecule has 0 aliphatic carbocycles. The van der Waals surface area contributed by atoms with Crippen LogP contribution in [0.5, 0.6) is 0 Å². The van der Waals surface area contributed by atoms with Crippen LogP contribution in [0.4, 0.5) is 0 Å². The van der Waals surface area contributed by atoms with Crippen molar-refractivity contribution in [3.63, 3.8) is 0 Å². The second-order valence-corrected chi connectivity index (χ2v) is 4.65.